The van der Waals surface area contributed by atoms with E-state index >= 15 is 0 Å². The number of benzene rings is 1. The lowest BCUT2D eigenvalue weighted by Crippen LogP contribution is -2.31. The molecule has 1 aromatic carbocycles. The molecule has 1 aliphatic carbocycles. The maximum Gasteiger partial charge on any atom is 0.220 e. The lowest BCUT2D eigenvalue weighted by atomic mass is 9.85. The first kappa shape index (κ1) is 17.3. The van der Waals surface area contributed by atoms with Gasteiger partial charge in [0, 0.05) is 25.1 Å². The zero-order valence-electron chi connectivity index (χ0n) is 12.9. The van der Waals surface area contributed by atoms with Crippen molar-refractivity contribution >= 4 is 17.5 Å². The van der Waals surface area contributed by atoms with E-state index in [1.54, 1.807) is 31.4 Å². The van der Waals surface area contributed by atoms with E-state index in [1.165, 1.54) is 0 Å². The van der Waals surface area contributed by atoms with Crippen molar-refractivity contribution in [3.8, 4) is 0 Å². The van der Waals surface area contributed by atoms with E-state index < -0.39 is 6.10 Å². The predicted octanol–water partition coefficient (Wildman–Crippen LogP) is 3.08. The first-order valence-electron chi connectivity index (χ1n) is 7.81. The molecule has 0 saturated heterocycles. The summed E-state index contributed by atoms with van der Waals surface area (Å²) in [6, 6.07) is 7.00. The molecule has 1 unspecified atom stereocenters. The number of halogens is 1. The van der Waals surface area contributed by atoms with Crippen LogP contribution in [0, 0.1) is 5.92 Å². The summed E-state index contributed by atoms with van der Waals surface area (Å²) in [6.45, 7) is 0.230. The summed E-state index contributed by atoms with van der Waals surface area (Å²) in [6.07, 6.45) is 4.31. The monoisotopic (exact) mass is 325 g/mol. The fourth-order valence-corrected chi connectivity index (χ4v) is 3.05. The predicted molar refractivity (Wildman–Crippen MR) is 86.8 cm³/mol. The Morgan fingerprint density at radius 3 is 2.55 bits per heavy atom. The third-order valence-corrected chi connectivity index (χ3v) is 4.60. The second kappa shape index (κ2) is 8.51. The molecule has 2 N–H and O–H groups in total. The third kappa shape index (κ3) is 5.27. The molecule has 5 heteroatoms. The van der Waals surface area contributed by atoms with Crippen molar-refractivity contribution in [2.75, 3.05) is 13.7 Å². The van der Waals surface area contributed by atoms with Crippen LogP contribution in [0.1, 0.15) is 43.8 Å². The molecule has 122 valence electrons. The van der Waals surface area contributed by atoms with Crippen LogP contribution < -0.4 is 5.32 Å². The normalized spacial score (nSPS) is 23.0. The van der Waals surface area contributed by atoms with E-state index in [9.17, 15) is 9.90 Å². The van der Waals surface area contributed by atoms with Crippen molar-refractivity contribution in [3.63, 3.8) is 0 Å². The fraction of sp³-hybridized carbons (Fsp3) is 0.588. The van der Waals surface area contributed by atoms with Crippen molar-refractivity contribution in [1.29, 1.82) is 0 Å². The van der Waals surface area contributed by atoms with Crippen LogP contribution in [0.25, 0.3) is 0 Å². The minimum atomic E-state index is -0.703. The van der Waals surface area contributed by atoms with Crippen LogP contribution in [0.2, 0.25) is 5.02 Å². The van der Waals surface area contributed by atoms with Gasteiger partial charge >= 0.3 is 0 Å². The molecule has 0 aromatic heterocycles. The van der Waals surface area contributed by atoms with Gasteiger partial charge in [-0.2, -0.15) is 0 Å². The van der Waals surface area contributed by atoms with Crippen LogP contribution in [-0.2, 0) is 9.53 Å². The Labute approximate surface area is 136 Å². The molecular weight excluding hydrogens is 302 g/mol. The Balaban J connectivity index is 1.70. The highest BCUT2D eigenvalue weighted by atomic mass is 35.5. The molecule has 0 aliphatic heterocycles. The summed E-state index contributed by atoms with van der Waals surface area (Å²) >= 11 is 5.81. The number of methoxy groups -OCH3 is 1. The van der Waals surface area contributed by atoms with Crippen LogP contribution in [-0.4, -0.2) is 30.8 Å². The van der Waals surface area contributed by atoms with Gasteiger partial charge in [-0.15, -0.1) is 0 Å². The lowest BCUT2D eigenvalue weighted by molar-refractivity contribution is -0.123. The fourth-order valence-electron chi connectivity index (χ4n) is 2.92. The number of hydrogen-bond donors (Lipinski definition) is 2. The van der Waals surface area contributed by atoms with Gasteiger partial charge in [0.05, 0.1) is 12.2 Å². The van der Waals surface area contributed by atoms with Gasteiger partial charge in [0.1, 0.15) is 0 Å². The first-order chi connectivity index (χ1) is 10.6. The Morgan fingerprint density at radius 2 is 1.95 bits per heavy atom. The van der Waals surface area contributed by atoms with Crippen LogP contribution in [0.5, 0.6) is 0 Å². The smallest absolute Gasteiger partial charge is 0.220 e. The summed E-state index contributed by atoms with van der Waals surface area (Å²) in [4.78, 5) is 12.0. The van der Waals surface area contributed by atoms with Gasteiger partial charge in [-0.05, 0) is 49.3 Å². The van der Waals surface area contributed by atoms with Crippen LogP contribution in [0.3, 0.4) is 0 Å². The number of carbonyl (C=O) groups is 1. The molecule has 0 spiro atoms. The Bertz CT molecular complexity index is 469. The summed E-state index contributed by atoms with van der Waals surface area (Å²) in [5, 5.41) is 13.5. The summed E-state index contributed by atoms with van der Waals surface area (Å²) in [5.74, 6) is 0.438. The van der Waals surface area contributed by atoms with Crippen LogP contribution in [0.4, 0.5) is 0 Å². The van der Waals surface area contributed by atoms with Gasteiger partial charge in [0.25, 0.3) is 0 Å². The molecule has 1 atom stereocenters. The molecule has 1 amide bonds. The number of aliphatic hydroxyl groups is 1. The Hall–Kier alpha value is -1.10. The van der Waals surface area contributed by atoms with Crippen molar-refractivity contribution < 1.29 is 14.6 Å². The van der Waals surface area contributed by atoms with Gasteiger partial charge in [-0.25, -0.2) is 0 Å². The van der Waals surface area contributed by atoms with Gasteiger partial charge < -0.3 is 15.2 Å². The largest absolute Gasteiger partial charge is 0.387 e. The molecule has 1 saturated carbocycles. The second-order valence-electron chi connectivity index (χ2n) is 5.95. The molecule has 1 aliphatic rings. The second-order valence-corrected chi connectivity index (χ2v) is 6.39. The minimum Gasteiger partial charge on any atom is -0.387 e. The van der Waals surface area contributed by atoms with E-state index in [0.29, 0.717) is 23.5 Å². The van der Waals surface area contributed by atoms with E-state index in [0.717, 1.165) is 31.2 Å². The van der Waals surface area contributed by atoms with E-state index in [1.807, 2.05) is 0 Å². The topological polar surface area (TPSA) is 58.6 Å². The summed E-state index contributed by atoms with van der Waals surface area (Å²) < 4.78 is 5.34. The van der Waals surface area contributed by atoms with Gasteiger partial charge in [-0.3, -0.25) is 4.79 Å². The highest BCUT2D eigenvalue weighted by Crippen LogP contribution is 2.28. The van der Waals surface area contributed by atoms with Crippen molar-refractivity contribution in [1.82, 2.24) is 5.32 Å². The lowest BCUT2D eigenvalue weighted by Gasteiger charge is -2.27. The molecule has 0 bridgehead atoms. The number of amides is 1. The molecule has 1 aromatic rings. The molecule has 1 fully saturated rings. The van der Waals surface area contributed by atoms with Crippen LogP contribution in [0.15, 0.2) is 24.3 Å². The zero-order chi connectivity index (χ0) is 15.9. The van der Waals surface area contributed by atoms with Crippen molar-refractivity contribution in [2.24, 2.45) is 5.92 Å². The third-order valence-electron chi connectivity index (χ3n) is 4.35. The summed E-state index contributed by atoms with van der Waals surface area (Å²) in [5.41, 5.74) is 0.755. The van der Waals surface area contributed by atoms with Gasteiger partial charge in [0.2, 0.25) is 5.91 Å². The van der Waals surface area contributed by atoms with Crippen molar-refractivity contribution in [2.45, 2.75) is 44.3 Å². The van der Waals surface area contributed by atoms with E-state index in [-0.39, 0.29) is 12.5 Å². The summed E-state index contributed by atoms with van der Waals surface area (Å²) in [7, 11) is 1.75. The highest BCUT2D eigenvalue weighted by Gasteiger charge is 2.23. The van der Waals surface area contributed by atoms with E-state index in [4.69, 9.17) is 16.3 Å². The van der Waals surface area contributed by atoms with Gasteiger partial charge in [0.15, 0.2) is 0 Å². The average Bonchev–Trinajstić information content (AvgIpc) is 2.54. The minimum absolute atomic E-state index is 0.00822. The standard InChI is InChI=1S/C17H24ClNO3/c1-22-15-8-2-12(3-9-15)10-17(21)19-11-16(20)13-4-6-14(18)7-5-13/h4-7,12,15-16,20H,2-3,8-11H2,1H3,(H,19,21). The SMILES string of the molecule is COC1CCC(CC(=O)NCC(O)c2ccc(Cl)cc2)CC1. The maximum absolute atomic E-state index is 12.0. The van der Waals surface area contributed by atoms with Crippen molar-refractivity contribution in [3.05, 3.63) is 34.9 Å². The first-order valence-corrected chi connectivity index (χ1v) is 8.19. The molecule has 22 heavy (non-hydrogen) atoms. The zero-order valence-corrected chi connectivity index (χ0v) is 13.7. The van der Waals surface area contributed by atoms with Crippen LogP contribution >= 0.6 is 11.6 Å². The average molecular weight is 326 g/mol. The quantitative estimate of drug-likeness (QED) is 0.845. The van der Waals surface area contributed by atoms with E-state index in [2.05, 4.69) is 5.32 Å². The number of hydrogen-bond acceptors (Lipinski definition) is 3. The number of rotatable bonds is 6. The molecule has 2 rings (SSSR count). The number of ether oxygens (including phenoxy) is 1. The molecule has 0 heterocycles. The molecular formula is C17H24ClNO3. The number of carbonyl (C=O) groups excluding carboxylic acids is 1. The molecule has 4 nitrogen and oxygen atoms in total. The maximum atomic E-state index is 12.0. The Kier molecular flexibility index (Phi) is 6.68. The molecule has 0 radical (unpaired) electrons. The Morgan fingerprint density at radius 1 is 1.32 bits per heavy atom. The van der Waals surface area contributed by atoms with Gasteiger partial charge in [-0.1, -0.05) is 23.7 Å². The number of nitrogens with one attached hydrogen (secondary N) is 1. The highest BCUT2D eigenvalue weighted by molar-refractivity contribution is 6.30. The number of aliphatic hydroxyl groups excluding tert-OH is 1.